The molecular weight excluding hydrogens is 572 g/mol. The predicted octanol–water partition coefficient (Wildman–Crippen LogP) is 6.83. The molecule has 0 spiro atoms. The summed E-state index contributed by atoms with van der Waals surface area (Å²) in [5, 5.41) is 1.99. The van der Waals surface area contributed by atoms with Crippen molar-refractivity contribution in [3.8, 4) is 0 Å². The summed E-state index contributed by atoms with van der Waals surface area (Å²) < 4.78 is 0. The second-order valence-electron chi connectivity index (χ2n) is 6.10. The molecule has 0 aliphatic heterocycles. The van der Waals surface area contributed by atoms with Crippen molar-refractivity contribution in [2.45, 2.75) is 26.7 Å². The molecule has 1 nitrogen and oxygen atoms in total. The summed E-state index contributed by atoms with van der Waals surface area (Å²) in [5.74, 6) is 0.653. The van der Waals surface area contributed by atoms with Gasteiger partial charge in [0.1, 0.15) is 0 Å². The Labute approximate surface area is 185 Å². The van der Waals surface area contributed by atoms with E-state index in [4.69, 9.17) is 0 Å². The molecule has 3 aromatic rings. The Balaban J connectivity index is 0.000000246. The topological polar surface area (TPSA) is 20.2 Å². The van der Waals surface area contributed by atoms with Gasteiger partial charge in [0.25, 0.3) is 0 Å². The van der Waals surface area contributed by atoms with E-state index < -0.39 is 8.15 Å². The van der Waals surface area contributed by atoms with Crippen molar-refractivity contribution in [1.29, 1.82) is 0 Å². The van der Waals surface area contributed by atoms with E-state index in [-0.39, 0.29) is 0 Å². The number of aryl methyl sites for hydroxylation is 1. The van der Waals surface area contributed by atoms with Crippen LogP contribution in [0.5, 0.6) is 0 Å². The summed E-state index contributed by atoms with van der Waals surface area (Å²) in [7, 11) is -1.17. The van der Waals surface area contributed by atoms with E-state index in [0.29, 0.717) is 19.1 Å². The normalized spacial score (nSPS) is 10.1. The summed E-state index contributed by atoms with van der Waals surface area (Å²) in [4.78, 5) is 10.1. The van der Waals surface area contributed by atoms with Crippen molar-refractivity contribution >= 4 is 46.0 Å². The molecule has 0 heterocycles. The van der Waals surface area contributed by atoms with Crippen molar-refractivity contribution in [2.24, 2.45) is 0 Å². The van der Waals surface area contributed by atoms with Crippen molar-refractivity contribution in [3.05, 3.63) is 96.1 Å². The zero-order valence-electron chi connectivity index (χ0n) is 15.7. The van der Waals surface area contributed by atoms with E-state index in [9.17, 15) is 4.89 Å². The molecule has 0 bridgehead atoms. The summed E-state index contributed by atoms with van der Waals surface area (Å²) in [5.41, 5.74) is 2.76. The maximum atomic E-state index is 10.1. The SMILES string of the molecule is Cc1ccc(C(C)C)cc1.OP(c1ccccc1)c1ccccc1.[Br][Ru][Br]. The van der Waals surface area contributed by atoms with Gasteiger partial charge in [-0.2, -0.15) is 0 Å². The third kappa shape index (κ3) is 10.1. The Morgan fingerprint density at radius 2 is 1.11 bits per heavy atom. The molecule has 0 saturated heterocycles. The monoisotopic (exact) mass is 596 g/mol. The van der Waals surface area contributed by atoms with Crippen molar-refractivity contribution in [1.82, 2.24) is 0 Å². The molecule has 0 amide bonds. The average molecular weight is 597 g/mol. The van der Waals surface area contributed by atoms with Crippen LogP contribution in [0.2, 0.25) is 0 Å². The zero-order chi connectivity index (χ0) is 20.1. The first-order valence-corrected chi connectivity index (χ1v) is 17.7. The van der Waals surface area contributed by atoms with E-state index in [1.807, 2.05) is 60.7 Å². The van der Waals surface area contributed by atoms with Crippen molar-refractivity contribution in [3.63, 3.8) is 0 Å². The Morgan fingerprint density at radius 1 is 0.741 bits per heavy atom. The van der Waals surface area contributed by atoms with Crippen LogP contribution in [0.15, 0.2) is 84.9 Å². The van der Waals surface area contributed by atoms with Crippen LogP contribution in [0, 0.1) is 6.92 Å². The van der Waals surface area contributed by atoms with Gasteiger partial charge in [0.2, 0.25) is 0 Å². The molecule has 1 N–H and O–H groups in total. The van der Waals surface area contributed by atoms with Crippen LogP contribution in [-0.4, -0.2) is 4.89 Å². The first-order valence-electron chi connectivity index (χ1n) is 8.50. The fourth-order valence-electron chi connectivity index (χ4n) is 2.24. The number of halogens is 2. The van der Waals surface area contributed by atoms with Gasteiger partial charge in [0, 0.05) is 10.6 Å². The molecule has 0 atom stereocenters. The van der Waals surface area contributed by atoms with Gasteiger partial charge >= 0.3 is 40.5 Å². The van der Waals surface area contributed by atoms with Crippen LogP contribution in [-0.2, 0) is 13.2 Å². The Morgan fingerprint density at radius 3 is 1.44 bits per heavy atom. The molecule has 3 rings (SSSR count). The Bertz CT molecular complexity index is 698. The van der Waals surface area contributed by atoms with Gasteiger partial charge in [-0.3, -0.25) is 0 Å². The van der Waals surface area contributed by atoms with Gasteiger partial charge in [-0.15, -0.1) is 0 Å². The van der Waals surface area contributed by atoms with Crippen LogP contribution in [0.3, 0.4) is 0 Å². The standard InChI is InChI=1S/C12H11OP.C10H14.2BrH.Ru/c13-14(11-7-3-1-4-8-11)12-9-5-2-6-10-12;1-8(2)10-6-4-9(3)5-7-10;;;/h1-10,13H;4-8H,1-3H3;2*1H;/q;;;;+2/p-2. The molecule has 3 aromatic carbocycles. The van der Waals surface area contributed by atoms with Crippen molar-refractivity contribution in [2.75, 3.05) is 0 Å². The van der Waals surface area contributed by atoms with E-state index in [0.717, 1.165) is 10.6 Å². The second-order valence-corrected chi connectivity index (χ2v) is 15.8. The molecule has 0 aliphatic carbocycles. The molecule has 0 unspecified atom stereocenters. The molecular formula is C22H25Br2OPRu. The number of benzene rings is 3. The van der Waals surface area contributed by atoms with E-state index in [2.05, 4.69) is 72.3 Å². The molecule has 146 valence electrons. The Hall–Kier alpha value is -0.367. The third-order valence-corrected chi connectivity index (χ3v) is 5.32. The number of rotatable bonds is 3. The molecule has 0 aliphatic rings. The van der Waals surface area contributed by atoms with Crippen LogP contribution in [0.4, 0.5) is 0 Å². The van der Waals surface area contributed by atoms with Crippen LogP contribution < -0.4 is 10.6 Å². The zero-order valence-corrected chi connectivity index (χ0v) is 21.5. The minimum atomic E-state index is -1.17. The summed E-state index contributed by atoms with van der Waals surface area (Å²) >= 11 is 6.64. The van der Waals surface area contributed by atoms with Crippen LogP contribution >= 0.6 is 35.4 Å². The van der Waals surface area contributed by atoms with Gasteiger partial charge in [-0.1, -0.05) is 104 Å². The van der Waals surface area contributed by atoms with Gasteiger partial charge in [0.15, 0.2) is 0 Å². The van der Waals surface area contributed by atoms with Gasteiger partial charge in [0.05, 0.1) is 8.15 Å². The van der Waals surface area contributed by atoms with Gasteiger partial charge < -0.3 is 4.89 Å². The van der Waals surface area contributed by atoms with Crippen LogP contribution in [0.1, 0.15) is 30.9 Å². The van der Waals surface area contributed by atoms with Crippen molar-refractivity contribution < 1.29 is 18.1 Å². The summed E-state index contributed by atoms with van der Waals surface area (Å²) in [6.45, 7) is 6.54. The van der Waals surface area contributed by atoms with Gasteiger partial charge in [-0.05, 0) is 18.4 Å². The summed E-state index contributed by atoms with van der Waals surface area (Å²) in [6, 6.07) is 28.2. The second kappa shape index (κ2) is 14.6. The molecule has 0 saturated carbocycles. The molecule has 0 aromatic heterocycles. The molecule has 0 fully saturated rings. The number of hydrogen-bond donors (Lipinski definition) is 1. The minimum absolute atomic E-state index is 0.335. The molecule has 5 heteroatoms. The van der Waals surface area contributed by atoms with Crippen LogP contribution in [0.25, 0.3) is 0 Å². The average Bonchev–Trinajstić information content (AvgIpc) is 2.70. The maximum absolute atomic E-state index is 10.1. The first kappa shape index (κ1) is 24.7. The van der Waals surface area contributed by atoms with Gasteiger partial charge in [-0.25, -0.2) is 0 Å². The fourth-order valence-corrected chi connectivity index (χ4v) is 3.45. The number of hydrogen-bond acceptors (Lipinski definition) is 1. The first-order chi connectivity index (χ1) is 13.0. The van der Waals surface area contributed by atoms with E-state index in [1.54, 1.807) is 0 Å². The van der Waals surface area contributed by atoms with E-state index in [1.165, 1.54) is 11.1 Å². The van der Waals surface area contributed by atoms with E-state index >= 15 is 0 Å². The Kier molecular flexibility index (Phi) is 13.3. The summed E-state index contributed by atoms with van der Waals surface area (Å²) in [6.07, 6.45) is 0. The molecule has 27 heavy (non-hydrogen) atoms. The third-order valence-electron chi connectivity index (χ3n) is 3.75. The quantitative estimate of drug-likeness (QED) is 0.259. The predicted molar refractivity (Wildman–Crippen MR) is 124 cm³/mol. The fraction of sp³-hybridized carbons (Fsp3) is 0.182. The molecule has 0 radical (unpaired) electrons.